The van der Waals surface area contributed by atoms with E-state index in [1.165, 1.54) is 24.0 Å². The smallest absolute Gasteiger partial charge is 0.161 e. The molecule has 1 aromatic carbocycles. The fraction of sp³-hybridized carbons (Fsp3) is 0.500. The second-order valence-corrected chi connectivity index (χ2v) is 6.97. The van der Waals surface area contributed by atoms with Crippen molar-refractivity contribution in [1.29, 1.82) is 0 Å². The number of aromatic nitrogens is 2. The Morgan fingerprint density at radius 2 is 1.42 bits per heavy atom. The number of anilines is 2. The van der Waals surface area contributed by atoms with Crippen molar-refractivity contribution in [2.75, 3.05) is 43.7 Å². The molecule has 138 valence electrons. The first-order chi connectivity index (χ1) is 12.7. The van der Waals surface area contributed by atoms with Gasteiger partial charge in [-0.15, -0.1) is 0 Å². The average Bonchev–Trinajstić information content (AvgIpc) is 3.20. The zero-order valence-corrected chi connectivity index (χ0v) is 15.8. The summed E-state index contributed by atoms with van der Waals surface area (Å²) in [7, 11) is 3.36. The van der Waals surface area contributed by atoms with Crippen LogP contribution in [0.2, 0.25) is 0 Å². The fourth-order valence-electron chi connectivity index (χ4n) is 3.89. The summed E-state index contributed by atoms with van der Waals surface area (Å²) in [5.41, 5.74) is 2.59. The lowest BCUT2D eigenvalue weighted by molar-refractivity contribution is 0.353. The van der Waals surface area contributed by atoms with E-state index < -0.39 is 0 Å². The molecule has 0 bridgehead atoms. The van der Waals surface area contributed by atoms with Crippen LogP contribution in [0.5, 0.6) is 11.5 Å². The first kappa shape index (κ1) is 16.9. The molecular weight excluding hydrogens is 328 g/mol. The number of aryl methyl sites for hydroxylation is 1. The molecule has 0 unspecified atom stereocenters. The summed E-state index contributed by atoms with van der Waals surface area (Å²) >= 11 is 0. The highest BCUT2D eigenvalue weighted by Crippen LogP contribution is 2.34. The van der Waals surface area contributed by atoms with E-state index in [2.05, 4.69) is 33.0 Å². The zero-order valence-electron chi connectivity index (χ0n) is 15.8. The molecule has 2 aliphatic heterocycles. The maximum atomic E-state index is 5.47. The van der Waals surface area contributed by atoms with Gasteiger partial charge in [-0.3, -0.25) is 0 Å². The number of ether oxygens (including phenoxy) is 2. The van der Waals surface area contributed by atoms with Crippen molar-refractivity contribution in [1.82, 2.24) is 9.97 Å². The highest BCUT2D eigenvalue weighted by atomic mass is 16.5. The van der Waals surface area contributed by atoms with Crippen LogP contribution in [0.1, 0.15) is 29.8 Å². The Kier molecular flexibility index (Phi) is 4.57. The lowest BCUT2D eigenvalue weighted by atomic mass is 9.99. The summed E-state index contributed by atoms with van der Waals surface area (Å²) in [6.45, 7) is 5.93. The average molecular weight is 354 g/mol. The van der Waals surface area contributed by atoms with Gasteiger partial charge in [-0.1, -0.05) is 0 Å². The summed E-state index contributed by atoms with van der Waals surface area (Å²) in [6.07, 6.45) is 3.46. The molecule has 3 heterocycles. The third kappa shape index (κ3) is 3.16. The van der Waals surface area contributed by atoms with Gasteiger partial charge in [0.2, 0.25) is 0 Å². The number of hydrogen-bond donors (Lipinski definition) is 0. The minimum absolute atomic E-state index is 0.782. The first-order valence-electron chi connectivity index (χ1n) is 9.27. The number of benzene rings is 1. The monoisotopic (exact) mass is 354 g/mol. The summed E-state index contributed by atoms with van der Waals surface area (Å²) in [6, 6.07) is 6.34. The molecule has 0 N–H and O–H groups in total. The molecule has 1 saturated heterocycles. The van der Waals surface area contributed by atoms with Crippen molar-refractivity contribution in [3.8, 4) is 11.5 Å². The molecule has 0 spiro atoms. The molecule has 0 saturated carbocycles. The molecule has 26 heavy (non-hydrogen) atoms. The maximum absolute atomic E-state index is 5.47. The van der Waals surface area contributed by atoms with Crippen molar-refractivity contribution in [3.05, 3.63) is 35.2 Å². The normalized spacial score (nSPS) is 16.6. The molecule has 6 heteroatoms. The number of hydrogen-bond acceptors (Lipinski definition) is 6. The topological polar surface area (TPSA) is 50.7 Å². The predicted octanol–water partition coefficient (Wildman–Crippen LogP) is 2.97. The number of methoxy groups -OCH3 is 2. The van der Waals surface area contributed by atoms with E-state index in [0.29, 0.717) is 0 Å². The largest absolute Gasteiger partial charge is 0.493 e. The molecule has 4 rings (SSSR count). The molecular formula is C20H26N4O2. The van der Waals surface area contributed by atoms with Gasteiger partial charge in [0.05, 0.1) is 14.2 Å². The van der Waals surface area contributed by atoms with Gasteiger partial charge in [-0.2, -0.15) is 0 Å². The lowest BCUT2D eigenvalue weighted by Gasteiger charge is -2.31. The first-order valence-corrected chi connectivity index (χ1v) is 9.27. The van der Waals surface area contributed by atoms with Crippen LogP contribution in [0, 0.1) is 6.92 Å². The summed E-state index contributed by atoms with van der Waals surface area (Å²) in [4.78, 5) is 14.1. The van der Waals surface area contributed by atoms with E-state index in [9.17, 15) is 0 Å². The van der Waals surface area contributed by atoms with Crippen LogP contribution in [0.15, 0.2) is 18.2 Å². The van der Waals surface area contributed by atoms with E-state index in [1.807, 2.05) is 6.92 Å². The minimum Gasteiger partial charge on any atom is -0.493 e. The van der Waals surface area contributed by atoms with Gasteiger partial charge >= 0.3 is 0 Å². The Bertz CT molecular complexity index is 803. The van der Waals surface area contributed by atoms with Gasteiger partial charge in [-0.25, -0.2) is 9.97 Å². The summed E-state index contributed by atoms with van der Waals surface area (Å²) in [5.74, 6) is 4.49. The van der Waals surface area contributed by atoms with Crippen molar-refractivity contribution >= 4 is 11.6 Å². The van der Waals surface area contributed by atoms with Crippen molar-refractivity contribution in [2.45, 2.75) is 32.7 Å². The minimum atomic E-state index is 0.782. The second-order valence-electron chi connectivity index (χ2n) is 6.97. The van der Waals surface area contributed by atoms with E-state index in [1.54, 1.807) is 14.2 Å². The summed E-state index contributed by atoms with van der Waals surface area (Å²) < 4.78 is 10.9. The third-order valence-corrected chi connectivity index (χ3v) is 5.28. The van der Waals surface area contributed by atoms with Gasteiger partial charge in [0, 0.05) is 32.2 Å². The second kappa shape index (κ2) is 7.02. The molecule has 6 nitrogen and oxygen atoms in total. The molecule has 0 amide bonds. The molecule has 0 atom stereocenters. The van der Waals surface area contributed by atoms with Crippen LogP contribution in [0.4, 0.5) is 11.6 Å². The Morgan fingerprint density at radius 1 is 0.808 bits per heavy atom. The highest BCUT2D eigenvalue weighted by molar-refractivity contribution is 5.55. The fourth-order valence-corrected chi connectivity index (χ4v) is 3.89. The van der Waals surface area contributed by atoms with Crippen LogP contribution in [-0.4, -0.2) is 43.8 Å². The van der Waals surface area contributed by atoms with E-state index in [4.69, 9.17) is 14.5 Å². The number of nitrogens with zero attached hydrogens (tertiary/aromatic N) is 4. The Balaban J connectivity index is 1.62. The SMILES string of the molecule is COc1cc2c(cc1OC)CN(c1cc(N3CCCC3)nc(C)n1)CC2. The van der Waals surface area contributed by atoms with Crippen molar-refractivity contribution < 1.29 is 9.47 Å². The molecule has 2 aromatic rings. The van der Waals surface area contributed by atoms with E-state index in [0.717, 1.165) is 61.6 Å². The van der Waals surface area contributed by atoms with Gasteiger partial charge in [0.25, 0.3) is 0 Å². The van der Waals surface area contributed by atoms with Crippen LogP contribution in [0.3, 0.4) is 0 Å². The van der Waals surface area contributed by atoms with Gasteiger partial charge < -0.3 is 19.3 Å². The highest BCUT2D eigenvalue weighted by Gasteiger charge is 2.22. The third-order valence-electron chi connectivity index (χ3n) is 5.28. The van der Waals surface area contributed by atoms with Crippen LogP contribution in [-0.2, 0) is 13.0 Å². The standard InChI is InChI=1S/C20H26N4O2/c1-14-21-19(23-7-4-5-8-23)12-20(22-14)24-9-6-15-10-17(25-2)18(26-3)11-16(15)13-24/h10-12H,4-9,13H2,1-3H3. The van der Waals surface area contributed by atoms with E-state index >= 15 is 0 Å². The predicted molar refractivity (Wildman–Crippen MR) is 103 cm³/mol. The van der Waals surface area contributed by atoms with Gasteiger partial charge in [0.1, 0.15) is 17.5 Å². The zero-order chi connectivity index (χ0) is 18.1. The van der Waals surface area contributed by atoms with Crippen molar-refractivity contribution in [2.24, 2.45) is 0 Å². The van der Waals surface area contributed by atoms with Crippen molar-refractivity contribution in [3.63, 3.8) is 0 Å². The van der Waals surface area contributed by atoms with Gasteiger partial charge in [0.15, 0.2) is 11.5 Å². The maximum Gasteiger partial charge on any atom is 0.161 e. The van der Waals surface area contributed by atoms with E-state index in [-0.39, 0.29) is 0 Å². The Morgan fingerprint density at radius 3 is 2.08 bits per heavy atom. The van der Waals surface area contributed by atoms with Crippen LogP contribution < -0.4 is 19.3 Å². The van der Waals surface area contributed by atoms with Crippen LogP contribution in [0.25, 0.3) is 0 Å². The lowest BCUT2D eigenvalue weighted by Crippen LogP contribution is -2.32. The number of rotatable bonds is 4. The Hall–Kier alpha value is -2.50. The van der Waals surface area contributed by atoms with Gasteiger partial charge in [-0.05, 0) is 49.4 Å². The quantitative estimate of drug-likeness (QED) is 0.841. The summed E-state index contributed by atoms with van der Waals surface area (Å²) in [5, 5.41) is 0. The number of fused-ring (bicyclic) bond motifs is 1. The molecule has 1 aromatic heterocycles. The Labute approximate surface area is 154 Å². The molecule has 0 radical (unpaired) electrons. The van der Waals surface area contributed by atoms with Crippen LogP contribution >= 0.6 is 0 Å². The molecule has 1 fully saturated rings. The molecule has 0 aliphatic carbocycles. The molecule has 2 aliphatic rings.